The van der Waals surface area contributed by atoms with Gasteiger partial charge < -0.3 is 5.73 Å². The maximum Gasteiger partial charge on any atom is 0.252 e. The second kappa shape index (κ2) is 11.9. The van der Waals surface area contributed by atoms with E-state index in [1.807, 2.05) is 53.4 Å². The summed E-state index contributed by atoms with van der Waals surface area (Å²) in [6, 6.07) is 17.0. The number of nitrogens with two attached hydrogens (primary N) is 1. The lowest BCUT2D eigenvalue weighted by molar-refractivity contribution is -0.129. The molecule has 1 aromatic heterocycles. The van der Waals surface area contributed by atoms with E-state index in [1.165, 1.54) is 6.20 Å². The van der Waals surface area contributed by atoms with Crippen molar-refractivity contribution in [3.05, 3.63) is 77.1 Å². The number of amides is 2. The third kappa shape index (κ3) is 6.50. The third-order valence-corrected chi connectivity index (χ3v) is 5.44. The molecule has 0 fully saturated rings. The summed E-state index contributed by atoms with van der Waals surface area (Å²) in [5.74, 6) is -0.596. The van der Waals surface area contributed by atoms with Gasteiger partial charge in [-0.05, 0) is 43.5 Å². The topological polar surface area (TPSA) is 121 Å². The average molecular weight is 468 g/mol. The van der Waals surface area contributed by atoms with Crippen LogP contribution < -0.4 is 16.1 Å². The molecule has 3 rings (SSSR count). The lowest BCUT2D eigenvalue weighted by Gasteiger charge is -2.24. The number of nitrogens with zero attached hydrogens (tertiary/aromatic N) is 3. The van der Waals surface area contributed by atoms with Crippen LogP contribution in [0.15, 0.2) is 60.8 Å². The Kier molecular flexibility index (Phi) is 8.74. The molecule has 0 spiro atoms. The van der Waals surface area contributed by atoms with Crippen LogP contribution in [0.1, 0.15) is 48.2 Å². The number of hydrogen-bond acceptors (Lipinski definition) is 6. The van der Waals surface area contributed by atoms with Crippen molar-refractivity contribution in [1.29, 1.82) is 0 Å². The van der Waals surface area contributed by atoms with E-state index in [1.54, 1.807) is 11.5 Å². The van der Waals surface area contributed by atoms with Gasteiger partial charge in [-0.15, -0.1) is 0 Å². The van der Waals surface area contributed by atoms with Gasteiger partial charge in [-0.3, -0.25) is 19.7 Å². The zero-order chi connectivity index (χ0) is 23.6. The van der Waals surface area contributed by atoms with E-state index >= 15 is 0 Å². The number of hydroxylamine groups is 1. The largest absolute Gasteiger partial charge is 0.365 e. The minimum Gasteiger partial charge on any atom is -0.365 e. The number of carbonyl (C=O) groups is 2. The molecule has 0 unspecified atom stereocenters. The second-order valence-corrected chi connectivity index (χ2v) is 7.87. The fourth-order valence-corrected chi connectivity index (χ4v) is 3.69. The van der Waals surface area contributed by atoms with Crippen LogP contribution in [0.3, 0.4) is 0 Å². The van der Waals surface area contributed by atoms with E-state index in [0.717, 1.165) is 24.9 Å². The molecule has 33 heavy (non-hydrogen) atoms. The molecule has 0 bridgehead atoms. The molecular formula is C24H26ClN5O3. The summed E-state index contributed by atoms with van der Waals surface area (Å²) in [6.45, 7) is 0. The lowest BCUT2D eigenvalue weighted by Crippen LogP contribution is -2.19. The standard InChI is InChI=1S/C24H26ClN5O3/c25-19-12-8-9-14-21(19)30(17-10-4-3-5-11-17)24-27-16-18(23(26)32)20(28-24)13-6-1-2-7-15-22(31)29-33/h3-5,8-12,14,16,33H,1-2,6-7,13,15H2,(H2,26,32)(H,29,31). The molecule has 2 amide bonds. The van der Waals surface area contributed by atoms with E-state index in [-0.39, 0.29) is 12.0 Å². The molecule has 0 radical (unpaired) electrons. The van der Waals surface area contributed by atoms with Gasteiger partial charge in [-0.2, -0.15) is 0 Å². The first-order chi connectivity index (χ1) is 16.0. The number of hydrogen-bond donors (Lipinski definition) is 3. The van der Waals surface area contributed by atoms with Crippen molar-refractivity contribution in [2.75, 3.05) is 4.90 Å². The van der Waals surface area contributed by atoms with Crippen molar-refractivity contribution in [2.24, 2.45) is 5.73 Å². The zero-order valence-electron chi connectivity index (χ0n) is 18.1. The highest BCUT2D eigenvalue weighted by atomic mass is 35.5. The minimum absolute atomic E-state index is 0.268. The summed E-state index contributed by atoms with van der Waals surface area (Å²) in [7, 11) is 0. The summed E-state index contributed by atoms with van der Waals surface area (Å²) in [6.07, 6.45) is 5.33. The molecule has 4 N–H and O–H groups in total. The van der Waals surface area contributed by atoms with E-state index in [0.29, 0.717) is 35.2 Å². The van der Waals surface area contributed by atoms with Gasteiger partial charge in [0, 0.05) is 18.3 Å². The Morgan fingerprint density at radius 3 is 2.39 bits per heavy atom. The summed E-state index contributed by atoms with van der Waals surface area (Å²) in [5.41, 5.74) is 9.58. The van der Waals surface area contributed by atoms with Crippen molar-refractivity contribution in [3.63, 3.8) is 0 Å². The van der Waals surface area contributed by atoms with Crippen LogP contribution in [0, 0.1) is 0 Å². The van der Waals surface area contributed by atoms with E-state index < -0.39 is 11.8 Å². The minimum atomic E-state index is -0.583. The molecule has 9 heteroatoms. The van der Waals surface area contributed by atoms with Crippen LogP contribution >= 0.6 is 11.6 Å². The molecule has 172 valence electrons. The van der Waals surface area contributed by atoms with E-state index in [2.05, 4.69) is 4.98 Å². The zero-order valence-corrected chi connectivity index (χ0v) is 18.8. The number of aryl methyl sites for hydroxylation is 1. The van der Waals surface area contributed by atoms with E-state index in [9.17, 15) is 9.59 Å². The summed E-state index contributed by atoms with van der Waals surface area (Å²) in [5, 5.41) is 9.09. The SMILES string of the molecule is NC(=O)c1cnc(N(c2ccccc2)c2ccccc2Cl)nc1CCCCCCC(=O)NO. The van der Waals surface area contributed by atoms with Crippen LogP contribution in [0.25, 0.3) is 0 Å². The van der Waals surface area contributed by atoms with Crippen LogP contribution in [0.2, 0.25) is 5.02 Å². The van der Waals surface area contributed by atoms with Gasteiger partial charge in [0.1, 0.15) is 0 Å². The van der Waals surface area contributed by atoms with Gasteiger partial charge >= 0.3 is 0 Å². The van der Waals surface area contributed by atoms with Crippen molar-refractivity contribution in [1.82, 2.24) is 15.4 Å². The van der Waals surface area contributed by atoms with Crippen LogP contribution in [-0.4, -0.2) is 27.0 Å². The number of unbranched alkanes of at least 4 members (excludes halogenated alkanes) is 3. The summed E-state index contributed by atoms with van der Waals surface area (Å²) < 4.78 is 0. The molecule has 0 saturated carbocycles. The number of primary amides is 1. The number of anilines is 3. The first-order valence-corrected chi connectivity index (χ1v) is 11.1. The summed E-state index contributed by atoms with van der Waals surface area (Å²) in [4.78, 5) is 34.1. The number of halogens is 1. The Morgan fingerprint density at radius 1 is 1.00 bits per heavy atom. The first kappa shape index (κ1) is 24.2. The van der Waals surface area contributed by atoms with Crippen LogP contribution in [-0.2, 0) is 11.2 Å². The Morgan fingerprint density at radius 2 is 1.70 bits per heavy atom. The molecule has 0 atom stereocenters. The van der Waals surface area contributed by atoms with E-state index in [4.69, 9.17) is 27.5 Å². The second-order valence-electron chi connectivity index (χ2n) is 7.47. The van der Waals surface area contributed by atoms with Crippen molar-refractivity contribution >= 4 is 40.7 Å². The number of aromatic nitrogens is 2. The molecule has 0 aliphatic heterocycles. The lowest BCUT2D eigenvalue weighted by atomic mass is 10.1. The fourth-order valence-electron chi connectivity index (χ4n) is 3.47. The molecule has 1 heterocycles. The molecule has 0 aliphatic rings. The van der Waals surface area contributed by atoms with Gasteiger partial charge in [0.2, 0.25) is 11.9 Å². The molecular weight excluding hydrogens is 442 g/mol. The smallest absolute Gasteiger partial charge is 0.252 e. The van der Waals surface area contributed by atoms with Gasteiger partial charge in [-0.1, -0.05) is 54.8 Å². The third-order valence-electron chi connectivity index (χ3n) is 5.12. The summed E-state index contributed by atoms with van der Waals surface area (Å²) >= 11 is 6.49. The predicted molar refractivity (Wildman–Crippen MR) is 127 cm³/mol. The van der Waals surface area contributed by atoms with Gasteiger partial charge in [-0.25, -0.2) is 15.4 Å². The molecule has 8 nitrogen and oxygen atoms in total. The maximum absolute atomic E-state index is 12.0. The highest BCUT2D eigenvalue weighted by Gasteiger charge is 2.20. The van der Waals surface area contributed by atoms with Crippen molar-refractivity contribution < 1.29 is 14.8 Å². The normalized spacial score (nSPS) is 10.6. The Balaban J connectivity index is 1.86. The number of nitrogens with one attached hydrogen (secondary N) is 1. The molecule has 0 aliphatic carbocycles. The molecule has 2 aromatic carbocycles. The van der Waals surface area contributed by atoms with Crippen molar-refractivity contribution in [2.45, 2.75) is 38.5 Å². The van der Waals surface area contributed by atoms with Gasteiger partial charge in [0.25, 0.3) is 5.91 Å². The fraction of sp³-hybridized carbons (Fsp3) is 0.250. The Bertz CT molecular complexity index is 1090. The number of rotatable bonds is 11. The predicted octanol–water partition coefficient (Wildman–Crippen LogP) is 4.70. The van der Waals surface area contributed by atoms with Gasteiger partial charge in [0.15, 0.2) is 0 Å². The quantitative estimate of drug-likeness (QED) is 0.213. The number of para-hydroxylation sites is 2. The van der Waals surface area contributed by atoms with Gasteiger partial charge in [0.05, 0.1) is 22.0 Å². The molecule has 0 saturated heterocycles. The van der Waals surface area contributed by atoms with Crippen molar-refractivity contribution in [3.8, 4) is 0 Å². The maximum atomic E-state index is 12.0. The number of carbonyl (C=O) groups excluding carboxylic acids is 2. The average Bonchev–Trinajstić information content (AvgIpc) is 2.83. The van der Waals surface area contributed by atoms with Crippen LogP contribution in [0.4, 0.5) is 17.3 Å². The van der Waals surface area contributed by atoms with Crippen LogP contribution in [0.5, 0.6) is 0 Å². The highest BCUT2D eigenvalue weighted by Crippen LogP contribution is 2.36. The first-order valence-electron chi connectivity index (χ1n) is 10.7. The number of benzene rings is 2. The highest BCUT2D eigenvalue weighted by molar-refractivity contribution is 6.33. The monoisotopic (exact) mass is 467 g/mol. The Labute approximate surface area is 197 Å². The molecule has 3 aromatic rings. The Hall–Kier alpha value is -3.49.